The van der Waals surface area contributed by atoms with Crippen LogP contribution in [0.4, 0.5) is 0 Å². The Morgan fingerprint density at radius 3 is 2.73 bits per heavy atom. The van der Waals surface area contributed by atoms with Crippen LogP contribution >= 0.6 is 0 Å². The van der Waals surface area contributed by atoms with Gasteiger partial charge in [-0.2, -0.15) is 0 Å². The SMILES string of the molecule is N/C=C\NC1CN(Cc2ccccc2)C1. The molecule has 0 amide bonds. The van der Waals surface area contributed by atoms with E-state index in [1.54, 1.807) is 6.20 Å². The van der Waals surface area contributed by atoms with Crippen molar-refractivity contribution in [2.45, 2.75) is 12.6 Å². The van der Waals surface area contributed by atoms with Crippen LogP contribution in [0.15, 0.2) is 42.7 Å². The highest BCUT2D eigenvalue weighted by Crippen LogP contribution is 2.12. The van der Waals surface area contributed by atoms with Gasteiger partial charge in [-0.05, 0) is 5.56 Å². The van der Waals surface area contributed by atoms with Crippen molar-refractivity contribution in [3.05, 3.63) is 48.3 Å². The summed E-state index contributed by atoms with van der Waals surface area (Å²) in [6.45, 7) is 3.24. The lowest BCUT2D eigenvalue weighted by Crippen LogP contribution is -2.55. The Bertz CT molecular complexity index is 315. The number of hydrogen-bond acceptors (Lipinski definition) is 3. The molecule has 3 N–H and O–H groups in total. The highest BCUT2D eigenvalue weighted by atomic mass is 15.2. The Hall–Kier alpha value is -1.48. The maximum atomic E-state index is 5.26. The highest BCUT2D eigenvalue weighted by molar-refractivity contribution is 5.15. The number of nitrogens with zero attached hydrogens (tertiary/aromatic N) is 1. The van der Waals surface area contributed by atoms with Gasteiger partial charge in [-0.1, -0.05) is 30.3 Å². The van der Waals surface area contributed by atoms with Crippen molar-refractivity contribution in [1.29, 1.82) is 0 Å². The Morgan fingerprint density at radius 1 is 1.33 bits per heavy atom. The summed E-state index contributed by atoms with van der Waals surface area (Å²) in [5, 5.41) is 3.24. The summed E-state index contributed by atoms with van der Waals surface area (Å²) < 4.78 is 0. The minimum Gasteiger partial charge on any atom is -0.403 e. The average molecular weight is 203 g/mol. The molecule has 0 radical (unpaired) electrons. The van der Waals surface area contributed by atoms with E-state index in [1.165, 1.54) is 5.56 Å². The fourth-order valence-corrected chi connectivity index (χ4v) is 1.84. The van der Waals surface area contributed by atoms with Crippen molar-refractivity contribution in [2.24, 2.45) is 5.73 Å². The molecule has 0 atom stereocenters. The van der Waals surface area contributed by atoms with Gasteiger partial charge in [-0.15, -0.1) is 0 Å². The average Bonchev–Trinajstić information content (AvgIpc) is 2.23. The summed E-state index contributed by atoms with van der Waals surface area (Å²) in [6.07, 6.45) is 3.35. The third-order valence-electron chi connectivity index (χ3n) is 2.63. The van der Waals surface area contributed by atoms with Crippen LogP contribution in [-0.2, 0) is 6.54 Å². The standard InChI is InChI=1S/C12H17N3/c13-6-7-14-12-9-15(10-12)8-11-4-2-1-3-5-11/h1-7,12,14H,8-10,13H2/b7-6-. The van der Waals surface area contributed by atoms with Gasteiger partial charge in [0.15, 0.2) is 0 Å². The predicted molar refractivity (Wildman–Crippen MR) is 62.0 cm³/mol. The van der Waals surface area contributed by atoms with Crippen LogP contribution in [0.2, 0.25) is 0 Å². The van der Waals surface area contributed by atoms with Crippen LogP contribution < -0.4 is 11.1 Å². The normalized spacial score (nSPS) is 17.9. The van der Waals surface area contributed by atoms with Crippen molar-refractivity contribution >= 4 is 0 Å². The van der Waals surface area contributed by atoms with Crippen molar-refractivity contribution in [3.8, 4) is 0 Å². The summed E-state index contributed by atoms with van der Waals surface area (Å²) >= 11 is 0. The Labute approximate surface area is 90.6 Å². The molecule has 80 valence electrons. The molecule has 2 rings (SSSR count). The van der Waals surface area contributed by atoms with E-state index in [-0.39, 0.29) is 0 Å². The quantitative estimate of drug-likeness (QED) is 0.763. The molecule has 0 bridgehead atoms. The highest BCUT2D eigenvalue weighted by Gasteiger charge is 2.24. The Kier molecular flexibility index (Phi) is 3.25. The van der Waals surface area contributed by atoms with Crippen molar-refractivity contribution in [3.63, 3.8) is 0 Å². The molecule has 1 aromatic rings. The van der Waals surface area contributed by atoms with E-state index in [0.29, 0.717) is 6.04 Å². The third-order valence-corrected chi connectivity index (χ3v) is 2.63. The first-order chi connectivity index (χ1) is 7.38. The lowest BCUT2D eigenvalue weighted by Gasteiger charge is -2.39. The molecule has 1 fully saturated rings. The summed E-state index contributed by atoms with van der Waals surface area (Å²) in [4.78, 5) is 2.41. The van der Waals surface area contributed by atoms with E-state index >= 15 is 0 Å². The summed E-state index contributed by atoms with van der Waals surface area (Å²) in [5.41, 5.74) is 6.64. The molecule has 1 heterocycles. The molecule has 1 aliphatic rings. The van der Waals surface area contributed by atoms with Crippen LogP contribution in [-0.4, -0.2) is 24.0 Å². The summed E-state index contributed by atoms with van der Waals surface area (Å²) in [5.74, 6) is 0. The van der Waals surface area contributed by atoms with Crippen LogP contribution in [0.5, 0.6) is 0 Å². The van der Waals surface area contributed by atoms with E-state index in [1.807, 2.05) is 6.20 Å². The minimum atomic E-state index is 0.563. The first-order valence-corrected chi connectivity index (χ1v) is 5.27. The van der Waals surface area contributed by atoms with Crippen LogP contribution in [0.3, 0.4) is 0 Å². The second kappa shape index (κ2) is 4.84. The van der Waals surface area contributed by atoms with Gasteiger partial charge in [0.05, 0.1) is 6.04 Å². The topological polar surface area (TPSA) is 41.3 Å². The molecule has 1 aromatic carbocycles. The summed E-state index contributed by atoms with van der Waals surface area (Å²) in [6, 6.07) is 11.1. The molecule has 15 heavy (non-hydrogen) atoms. The lowest BCUT2D eigenvalue weighted by molar-refractivity contribution is 0.127. The van der Waals surface area contributed by atoms with Crippen molar-refractivity contribution < 1.29 is 0 Å². The first kappa shape index (κ1) is 10.1. The maximum absolute atomic E-state index is 5.26. The zero-order valence-electron chi connectivity index (χ0n) is 8.76. The molecule has 0 unspecified atom stereocenters. The van der Waals surface area contributed by atoms with Crippen molar-refractivity contribution in [1.82, 2.24) is 10.2 Å². The predicted octanol–water partition coefficient (Wildman–Crippen LogP) is 0.890. The van der Waals surface area contributed by atoms with Gasteiger partial charge in [-0.3, -0.25) is 4.90 Å². The molecule has 1 saturated heterocycles. The number of likely N-dealkylation sites (tertiary alicyclic amines) is 1. The number of rotatable bonds is 4. The number of nitrogens with two attached hydrogens (primary N) is 1. The Morgan fingerprint density at radius 2 is 2.07 bits per heavy atom. The van der Waals surface area contributed by atoms with E-state index in [2.05, 4.69) is 40.5 Å². The first-order valence-electron chi connectivity index (χ1n) is 5.27. The third kappa shape index (κ3) is 2.73. The molecular formula is C12H17N3. The van der Waals surface area contributed by atoms with Gasteiger partial charge in [0.25, 0.3) is 0 Å². The van der Waals surface area contributed by atoms with Gasteiger partial charge in [0.2, 0.25) is 0 Å². The zero-order valence-corrected chi connectivity index (χ0v) is 8.76. The molecule has 0 aromatic heterocycles. The second-order valence-electron chi connectivity index (χ2n) is 3.90. The Balaban J connectivity index is 1.72. The van der Waals surface area contributed by atoms with E-state index in [4.69, 9.17) is 5.73 Å². The fraction of sp³-hybridized carbons (Fsp3) is 0.333. The van der Waals surface area contributed by atoms with Crippen LogP contribution in [0.25, 0.3) is 0 Å². The lowest BCUT2D eigenvalue weighted by atomic mass is 10.1. The monoisotopic (exact) mass is 203 g/mol. The van der Waals surface area contributed by atoms with Gasteiger partial charge >= 0.3 is 0 Å². The maximum Gasteiger partial charge on any atom is 0.0510 e. The number of nitrogens with one attached hydrogen (secondary N) is 1. The molecular weight excluding hydrogens is 186 g/mol. The van der Waals surface area contributed by atoms with Gasteiger partial charge in [0, 0.05) is 32.0 Å². The van der Waals surface area contributed by atoms with Crippen molar-refractivity contribution in [2.75, 3.05) is 13.1 Å². The van der Waals surface area contributed by atoms with Gasteiger partial charge in [0.1, 0.15) is 0 Å². The number of benzene rings is 1. The summed E-state index contributed by atoms with van der Waals surface area (Å²) in [7, 11) is 0. The van der Waals surface area contributed by atoms with Crippen LogP contribution in [0.1, 0.15) is 5.56 Å². The van der Waals surface area contributed by atoms with Gasteiger partial charge < -0.3 is 11.1 Å². The molecule has 3 nitrogen and oxygen atoms in total. The van der Waals surface area contributed by atoms with E-state index in [9.17, 15) is 0 Å². The minimum absolute atomic E-state index is 0.563. The largest absolute Gasteiger partial charge is 0.403 e. The fourth-order valence-electron chi connectivity index (χ4n) is 1.84. The van der Waals surface area contributed by atoms with E-state index in [0.717, 1.165) is 19.6 Å². The second-order valence-corrected chi connectivity index (χ2v) is 3.90. The molecule has 1 aliphatic heterocycles. The molecule has 0 saturated carbocycles. The molecule has 0 aliphatic carbocycles. The molecule has 0 spiro atoms. The van der Waals surface area contributed by atoms with Crippen LogP contribution in [0, 0.1) is 0 Å². The number of hydrogen-bond donors (Lipinski definition) is 2. The smallest absolute Gasteiger partial charge is 0.0510 e. The van der Waals surface area contributed by atoms with E-state index < -0.39 is 0 Å². The molecule has 3 heteroatoms. The zero-order chi connectivity index (χ0) is 10.5. The van der Waals surface area contributed by atoms with Gasteiger partial charge in [-0.25, -0.2) is 0 Å².